The second-order valence-electron chi connectivity index (χ2n) is 3.52. The molecule has 0 atom stereocenters. The van der Waals surface area contributed by atoms with Crippen LogP contribution in [0.15, 0.2) is 10.2 Å². The molecule has 0 spiro atoms. The van der Waals surface area contributed by atoms with Gasteiger partial charge in [0.15, 0.2) is 0 Å². The molecule has 0 saturated heterocycles. The van der Waals surface area contributed by atoms with Gasteiger partial charge in [0.25, 0.3) is 0 Å². The van der Waals surface area contributed by atoms with Crippen LogP contribution in [0.4, 0.5) is 0 Å². The van der Waals surface area contributed by atoms with Crippen molar-refractivity contribution in [2.24, 2.45) is 10.2 Å². The highest BCUT2D eigenvalue weighted by Gasteiger charge is 2.21. The van der Waals surface area contributed by atoms with Crippen molar-refractivity contribution in [2.45, 2.75) is 38.8 Å². The molecular formula is C8H12N2O2. The SMILES string of the molecule is CC(C)([C]=O)N=NC(C)(C)[C]=O. The highest BCUT2D eigenvalue weighted by atomic mass is 16.1. The van der Waals surface area contributed by atoms with Gasteiger partial charge in [-0.1, -0.05) is 0 Å². The first-order chi connectivity index (χ1) is 5.33. The van der Waals surface area contributed by atoms with Crippen LogP contribution < -0.4 is 0 Å². The number of carbonyl (C=O) groups excluding carboxylic acids is 2. The third-order valence-electron chi connectivity index (χ3n) is 1.05. The first kappa shape index (κ1) is 10.9. The van der Waals surface area contributed by atoms with E-state index in [4.69, 9.17) is 0 Å². The molecule has 0 aromatic heterocycles. The lowest BCUT2D eigenvalue weighted by atomic mass is 10.1. The van der Waals surface area contributed by atoms with Crippen LogP contribution in [0.2, 0.25) is 0 Å². The molecular weight excluding hydrogens is 156 g/mol. The van der Waals surface area contributed by atoms with Crippen molar-refractivity contribution in [3.05, 3.63) is 0 Å². The van der Waals surface area contributed by atoms with E-state index in [1.165, 1.54) is 0 Å². The lowest BCUT2D eigenvalue weighted by Crippen LogP contribution is -2.22. The summed E-state index contributed by atoms with van der Waals surface area (Å²) >= 11 is 0. The largest absolute Gasteiger partial charge is 0.288 e. The smallest absolute Gasteiger partial charge is 0.229 e. The van der Waals surface area contributed by atoms with Crippen LogP contribution in [0.25, 0.3) is 0 Å². The minimum Gasteiger partial charge on any atom is -0.288 e. The Labute approximate surface area is 72.1 Å². The Bertz CT molecular complexity index is 185. The molecule has 66 valence electrons. The molecule has 0 aliphatic carbocycles. The summed E-state index contributed by atoms with van der Waals surface area (Å²) in [4.78, 5) is 20.5. The molecule has 0 aromatic carbocycles. The number of hydrogen-bond donors (Lipinski definition) is 0. The van der Waals surface area contributed by atoms with Crippen molar-refractivity contribution >= 4 is 12.6 Å². The fraction of sp³-hybridized carbons (Fsp3) is 0.750. The van der Waals surface area contributed by atoms with E-state index >= 15 is 0 Å². The zero-order valence-electron chi connectivity index (χ0n) is 7.71. The van der Waals surface area contributed by atoms with Gasteiger partial charge in [-0.3, -0.25) is 9.59 Å². The summed E-state index contributed by atoms with van der Waals surface area (Å²) in [5.41, 5.74) is -1.96. The topological polar surface area (TPSA) is 58.9 Å². The summed E-state index contributed by atoms with van der Waals surface area (Å²) in [5.74, 6) is 0. The van der Waals surface area contributed by atoms with E-state index in [1.54, 1.807) is 40.3 Å². The Morgan fingerprint density at radius 1 is 0.833 bits per heavy atom. The lowest BCUT2D eigenvalue weighted by molar-refractivity contribution is 0.477. The average Bonchev–Trinajstić information content (AvgIpc) is 2.02. The first-order valence-corrected chi connectivity index (χ1v) is 3.56. The molecule has 4 nitrogen and oxygen atoms in total. The van der Waals surface area contributed by atoms with Gasteiger partial charge in [-0.25, -0.2) is 0 Å². The molecule has 0 aromatic rings. The fourth-order valence-electron chi connectivity index (χ4n) is 0.291. The highest BCUT2D eigenvalue weighted by Crippen LogP contribution is 2.11. The van der Waals surface area contributed by atoms with E-state index in [0.29, 0.717) is 0 Å². The van der Waals surface area contributed by atoms with Gasteiger partial charge in [0.1, 0.15) is 11.1 Å². The van der Waals surface area contributed by atoms with E-state index in [-0.39, 0.29) is 0 Å². The summed E-state index contributed by atoms with van der Waals surface area (Å²) in [5, 5.41) is 7.31. The van der Waals surface area contributed by atoms with E-state index in [0.717, 1.165) is 0 Å². The number of azo groups is 1. The second kappa shape index (κ2) is 3.56. The Balaban J connectivity index is 4.43. The Morgan fingerprint density at radius 2 is 1.08 bits per heavy atom. The van der Waals surface area contributed by atoms with Crippen molar-refractivity contribution in [3.63, 3.8) is 0 Å². The molecule has 0 aliphatic heterocycles. The zero-order chi connectivity index (χ0) is 9.83. The van der Waals surface area contributed by atoms with Gasteiger partial charge in [-0.05, 0) is 27.7 Å². The molecule has 0 amide bonds. The summed E-state index contributed by atoms with van der Waals surface area (Å²) in [6, 6.07) is 0. The molecule has 0 unspecified atom stereocenters. The van der Waals surface area contributed by atoms with Gasteiger partial charge in [-0.2, -0.15) is 10.2 Å². The summed E-state index contributed by atoms with van der Waals surface area (Å²) in [7, 11) is 0. The normalized spacial score (nSPS) is 13.3. The molecule has 4 heteroatoms. The Kier molecular flexibility index (Phi) is 3.24. The van der Waals surface area contributed by atoms with Gasteiger partial charge in [-0.15, -0.1) is 0 Å². The maximum absolute atomic E-state index is 10.3. The minimum atomic E-state index is -0.978. The van der Waals surface area contributed by atoms with Crippen LogP contribution in [0.5, 0.6) is 0 Å². The molecule has 0 saturated carbocycles. The maximum atomic E-state index is 10.3. The van der Waals surface area contributed by atoms with Crippen molar-refractivity contribution in [1.82, 2.24) is 0 Å². The Morgan fingerprint density at radius 3 is 1.25 bits per heavy atom. The van der Waals surface area contributed by atoms with Gasteiger partial charge in [0, 0.05) is 0 Å². The van der Waals surface area contributed by atoms with E-state index in [1.807, 2.05) is 0 Å². The van der Waals surface area contributed by atoms with E-state index in [9.17, 15) is 9.59 Å². The minimum absolute atomic E-state index is 0.978. The zero-order valence-corrected chi connectivity index (χ0v) is 7.71. The number of rotatable bonds is 4. The summed E-state index contributed by atoms with van der Waals surface area (Å²) in [6.45, 7) is 6.24. The fourth-order valence-corrected chi connectivity index (χ4v) is 0.291. The second-order valence-corrected chi connectivity index (χ2v) is 3.52. The van der Waals surface area contributed by atoms with Gasteiger partial charge < -0.3 is 0 Å². The van der Waals surface area contributed by atoms with Crippen molar-refractivity contribution in [2.75, 3.05) is 0 Å². The number of nitrogens with zero attached hydrogens (tertiary/aromatic N) is 2. The van der Waals surface area contributed by atoms with Crippen LogP contribution in [0, 0.1) is 0 Å². The summed E-state index contributed by atoms with van der Waals surface area (Å²) < 4.78 is 0. The number of hydrogen-bond acceptors (Lipinski definition) is 4. The van der Waals surface area contributed by atoms with Crippen LogP contribution in [0.3, 0.4) is 0 Å². The molecule has 0 heterocycles. The molecule has 0 fully saturated rings. The third kappa shape index (κ3) is 3.95. The van der Waals surface area contributed by atoms with Crippen molar-refractivity contribution in [3.8, 4) is 0 Å². The average molecular weight is 168 g/mol. The van der Waals surface area contributed by atoms with Crippen LogP contribution in [0.1, 0.15) is 27.7 Å². The highest BCUT2D eigenvalue weighted by molar-refractivity contribution is 5.65. The quantitative estimate of drug-likeness (QED) is 0.592. The standard InChI is InChI=1S/C8H12N2O2/c1-7(2,5-11)9-10-8(3,4)6-12/h1-4H3. The van der Waals surface area contributed by atoms with Crippen molar-refractivity contribution in [1.29, 1.82) is 0 Å². The van der Waals surface area contributed by atoms with E-state index in [2.05, 4.69) is 10.2 Å². The molecule has 2 radical (unpaired) electrons. The molecule has 0 rings (SSSR count). The Hall–Kier alpha value is -1.06. The molecule has 0 N–H and O–H groups in total. The van der Waals surface area contributed by atoms with Crippen molar-refractivity contribution < 1.29 is 9.59 Å². The molecule has 12 heavy (non-hydrogen) atoms. The van der Waals surface area contributed by atoms with Gasteiger partial charge in [0.05, 0.1) is 0 Å². The van der Waals surface area contributed by atoms with E-state index < -0.39 is 11.1 Å². The van der Waals surface area contributed by atoms with Crippen LogP contribution in [-0.2, 0) is 9.59 Å². The molecule has 0 aliphatic rings. The lowest BCUT2D eigenvalue weighted by Gasteiger charge is -2.11. The third-order valence-corrected chi connectivity index (χ3v) is 1.05. The summed E-state index contributed by atoms with van der Waals surface area (Å²) in [6.07, 6.45) is 3.40. The maximum Gasteiger partial charge on any atom is 0.229 e. The van der Waals surface area contributed by atoms with Gasteiger partial charge in [0.2, 0.25) is 12.6 Å². The van der Waals surface area contributed by atoms with Crippen LogP contribution in [-0.4, -0.2) is 23.7 Å². The monoisotopic (exact) mass is 168 g/mol. The molecule has 0 bridgehead atoms. The predicted octanol–water partition coefficient (Wildman–Crippen LogP) is 1.22. The van der Waals surface area contributed by atoms with Crippen LogP contribution >= 0.6 is 0 Å². The van der Waals surface area contributed by atoms with Gasteiger partial charge >= 0.3 is 0 Å². The first-order valence-electron chi connectivity index (χ1n) is 3.56. The predicted molar refractivity (Wildman–Crippen MR) is 44.4 cm³/mol.